The van der Waals surface area contributed by atoms with E-state index in [4.69, 9.17) is 10.5 Å². The molecule has 2 heterocycles. The van der Waals surface area contributed by atoms with Crippen molar-refractivity contribution in [1.29, 1.82) is 5.26 Å². The second-order valence-corrected chi connectivity index (χ2v) is 7.35. The van der Waals surface area contributed by atoms with E-state index < -0.39 is 10.8 Å². The highest BCUT2D eigenvalue weighted by Gasteiger charge is 2.39. The Morgan fingerprint density at radius 3 is 2.62 bits per heavy atom. The number of nitrogens with two attached hydrogens (primary N) is 1. The van der Waals surface area contributed by atoms with Crippen LogP contribution in [-0.4, -0.2) is 14.7 Å². The third kappa shape index (κ3) is 3.03. The van der Waals surface area contributed by atoms with Crippen molar-refractivity contribution in [3.05, 3.63) is 91.4 Å². The number of hydrogen-bond donors (Lipinski definition) is 1. The van der Waals surface area contributed by atoms with Crippen LogP contribution in [0.4, 0.5) is 5.69 Å². The zero-order valence-corrected chi connectivity index (χ0v) is 16.8. The summed E-state index contributed by atoms with van der Waals surface area (Å²) < 4.78 is 8.27. The Kier molecular flexibility index (Phi) is 4.56. The first-order valence-corrected chi connectivity index (χ1v) is 9.38. The molecule has 1 atom stereocenters. The normalized spacial score (nSPS) is 15.4. The number of nitro groups is 1. The van der Waals surface area contributed by atoms with E-state index in [9.17, 15) is 15.4 Å². The predicted octanol–water partition coefficient (Wildman–Crippen LogP) is 4.07. The average Bonchev–Trinajstić information content (AvgIpc) is 3.03. The SMILES string of the molecule is Cc1nn(-c2ccc(Br)cc2)c2c1C(c1ccccc1[N+](=O)[O-])C(C#N)=C(N)O2. The average molecular weight is 452 g/mol. The van der Waals surface area contributed by atoms with Gasteiger partial charge < -0.3 is 10.5 Å². The number of fused-ring (bicyclic) bond motifs is 1. The van der Waals surface area contributed by atoms with E-state index in [2.05, 4.69) is 27.1 Å². The molecule has 2 N–H and O–H groups in total. The Labute approximate surface area is 174 Å². The number of ether oxygens (including phenoxy) is 1. The summed E-state index contributed by atoms with van der Waals surface area (Å²) in [7, 11) is 0. The molecule has 1 unspecified atom stereocenters. The van der Waals surface area contributed by atoms with E-state index in [1.807, 2.05) is 24.3 Å². The number of para-hydroxylation sites is 1. The van der Waals surface area contributed by atoms with Gasteiger partial charge in [0, 0.05) is 16.1 Å². The molecule has 0 aliphatic carbocycles. The van der Waals surface area contributed by atoms with Crippen LogP contribution < -0.4 is 10.5 Å². The second kappa shape index (κ2) is 7.07. The number of nitrogens with zero attached hydrogens (tertiary/aromatic N) is 4. The summed E-state index contributed by atoms with van der Waals surface area (Å²) in [6.07, 6.45) is 0. The summed E-state index contributed by atoms with van der Waals surface area (Å²) in [5.74, 6) is -0.513. The van der Waals surface area contributed by atoms with Gasteiger partial charge in [-0.2, -0.15) is 10.4 Å². The van der Waals surface area contributed by atoms with Crippen LogP contribution >= 0.6 is 15.9 Å². The number of aryl methyl sites for hydroxylation is 1. The van der Waals surface area contributed by atoms with Crippen molar-refractivity contribution in [3.63, 3.8) is 0 Å². The third-order valence-corrected chi connectivity index (χ3v) is 5.28. The zero-order chi connectivity index (χ0) is 20.7. The maximum atomic E-state index is 11.6. The molecule has 2 aromatic carbocycles. The van der Waals surface area contributed by atoms with Gasteiger partial charge >= 0.3 is 0 Å². The Morgan fingerprint density at radius 1 is 1.28 bits per heavy atom. The highest BCUT2D eigenvalue weighted by Crippen LogP contribution is 2.46. The molecule has 144 valence electrons. The van der Waals surface area contributed by atoms with Crippen molar-refractivity contribution in [3.8, 4) is 17.6 Å². The molecular weight excluding hydrogens is 438 g/mol. The molecule has 0 spiro atoms. The van der Waals surface area contributed by atoms with E-state index in [0.29, 0.717) is 22.7 Å². The second-order valence-electron chi connectivity index (χ2n) is 6.43. The monoisotopic (exact) mass is 451 g/mol. The van der Waals surface area contributed by atoms with E-state index in [1.165, 1.54) is 6.07 Å². The largest absolute Gasteiger partial charge is 0.422 e. The fourth-order valence-corrected chi connectivity index (χ4v) is 3.74. The van der Waals surface area contributed by atoms with Crippen LogP contribution in [0.5, 0.6) is 5.88 Å². The third-order valence-electron chi connectivity index (χ3n) is 4.75. The van der Waals surface area contributed by atoms with Gasteiger partial charge in [-0.25, -0.2) is 4.68 Å². The summed E-state index contributed by atoms with van der Waals surface area (Å²) in [5.41, 5.74) is 8.33. The molecule has 9 heteroatoms. The number of allylic oxidation sites excluding steroid dienone is 1. The molecular formula is C20H14BrN5O3. The summed E-state index contributed by atoms with van der Waals surface area (Å²) in [5, 5.41) is 25.9. The Balaban J connectivity index is 1.99. The van der Waals surface area contributed by atoms with Gasteiger partial charge in [-0.05, 0) is 31.2 Å². The van der Waals surface area contributed by atoms with Crippen LogP contribution in [0.1, 0.15) is 22.7 Å². The van der Waals surface area contributed by atoms with Crippen molar-refractivity contribution >= 4 is 21.6 Å². The molecule has 0 amide bonds. The molecule has 3 aromatic rings. The number of rotatable bonds is 3. The van der Waals surface area contributed by atoms with E-state index >= 15 is 0 Å². The summed E-state index contributed by atoms with van der Waals surface area (Å²) >= 11 is 3.40. The minimum atomic E-state index is -0.755. The molecule has 8 nitrogen and oxygen atoms in total. The highest BCUT2D eigenvalue weighted by molar-refractivity contribution is 9.10. The molecule has 0 saturated heterocycles. The number of hydrogen-bond acceptors (Lipinski definition) is 6. The van der Waals surface area contributed by atoms with Gasteiger partial charge in [0.05, 0.1) is 27.8 Å². The lowest BCUT2D eigenvalue weighted by Gasteiger charge is -2.24. The van der Waals surface area contributed by atoms with Gasteiger partial charge in [0.1, 0.15) is 11.6 Å². The van der Waals surface area contributed by atoms with Crippen LogP contribution in [0.25, 0.3) is 5.69 Å². The standard InChI is InChI=1S/C20H14BrN5O3/c1-11-17-18(14-4-2-3-5-16(14)26(27)28)15(10-22)19(23)29-20(17)25(24-11)13-8-6-12(21)7-9-13/h2-9,18H,23H2,1H3. The van der Waals surface area contributed by atoms with Crippen LogP contribution in [0, 0.1) is 28.4 Å². The fourth-order valence-electron chi connectivity index (χ4n) is 3.48. The number of aromatic nitrogens is 2. The first-order valence-electron chi connectivity index (χ1n) is 8.58. The smallest absolute Gasteiger partial charge is 0.273 e. The maximum absolute atomic E-state index is 11.6. The number of nitriles is 1. The van der Waals surface area contributed by atoms with Gasteiger partial charge in [0.15, 0.2) is 0 Å². The lowest BCUT2D eigenvalue weighted by molar-refractivity contribution is -0.385. The summed E-state index contributed by atoms with van der Waals surface area (Å²) in [4.78, 5) is 11.1. The van der Waals surface area contributed by atoms with E-state index in [-0.39, 0.29) is 17.1 Å². The lowest BCUT2D eigenvalue weighted by Crippen LogP contribution is -2.22. The first kappa shape index (κ1) is 18.7. The van der Waals surface area contributed by atoms with E-state index in [0.717, 1.165) is 10.2 Å². The molecule has 1 aliphatic heterocycles. The molecule has 1 aliphatic rings. The van der Waals surface area contributed by atoms with Crippen LogP contribution in [0.15, 0.2) is 64.5 Å². The minimum absolute atomic E-state index is 0.0957. The minimum Gasteiger partial charge on any atom is -0.422 e. The van der Waals surface area contributed by atoms with Crippen LogP contribution in [0.2, 0.25) is 0 Å². The number of nitro benzene ring substituents is 1. The summed E-state index contributed by atoms with van der Waals surface area (Å²) in [6, 6.07) is 15.8. The van der Waals surface area contributed by atoms with E-state index in [1.54, 1.807) is 29.8 Å². The molecule has 4 rings (SSSR count). The Bertz CT molecular complexity index is 1210. The van der Waals surface area contributed by atoms with Gasteiger partial charge in [-0.1, -0.05) is 34.1 Å². The first-order chi connectivity index (χ1) is 13.9. The molecule has 0 radical (unpaired) electrons. The van der Waals surface area contributed by atoms with Gasteiger partial charge in [0.25, 0.3) is 5.69 Å². The van der Waals surface area contributed by atoms with Crippen molar-refractivity contribution in [2.75, 3.05) is 0 Å². The zero-order valence-electron chi connectivity index (χ0n) is 15.2. The quantitative estimate of drug-likeness (QED) is 0.473. The topological polar surface area (TPSA) is 120 Å². The lowest BCUT2D eigenvalue weighted by atomic mass is 9.83. The molecule has 29 heavy (non-hydrogen) atoms. The van der Waals surface area contributed by atoms with Crippen LogP contribution in [0.3, 0.4) is 0 Å². The Morgan fingerprint density at radius 2 is 1.97 bits per heavy atom. The highest BCUT2D eigenvalue weighted by atomic mass is 79.9. The van der Waals surface area contributed by atoms with Crippen molar-refractivity contribution in [1.82, 2.24) is 9.78 Å². The van der Waals surface area contributed by atoms with Gasteiger partial charge in [0.2, 0.25) is 11.8 Å². The number of benzene rings is 2. The number of halogens is 1. The predicted molar refractivity (Wildman–Crippen MR) is 108 cm³/mol. The van der Waals surface area contributed by atoms with Gasteiger partial charge in [-0.3, -0.25) is 10.1 Å². The van der Waals surface area contributed by atoms with Gasteiger partial charge in [-0.15, -0.1) is 0 Å². The van der Waals surface area contributed by atoms with Crippen molar-refractivity contribution in [2.24, 2.45) is 5.73 Å². The van der Waals surface area contributed by atoms with Crippen molar-refractivity contribution in [2.45, 2.75) is 12.8 Å². The molecule has 0 saturated carbocycles. The molecule has 1 aromatic heterocycles. The molecule has 0 bridgehead atoms. The Hall–Kier alpha value is -3.64. The molecule has 0 fully saturated rings. The maximum Gasteiger partial charge on any atom is 0.273 e. The summed E-state index contributed by atoms with van der Waals surface area (Å²) in [6.45, 7) is 1.77. The van der Waals surface area contributed by atoms with Crippen molar-refractivity contribution < 1.29 is 9.66 Å². The van der Waals surface area contributed by atoms with Crippen LogP contribution in [-0.2, 0) is 0 Å². The fraction of sp³-hybridized carbons (Fsp3) is 0.100.